The largest absolute Gasteiger partial charge is 0.478 e. The molecule has 0 saturated carbocycles. The van der Waals surface area contributed by atoms with E-state index in [-0.39, 0.29) is 23.6 Å². The lowest BCUT2D eigenvalue weighted by Crippen LogP contribution is -2.38. The van der Waals surface area contributed by atoms with E-state index < -0.39 is 11.9 Å². The lowest BCUT2D eigenvalue weighted by atomic mass is 10.1. The molecule has 114 valence electrons. The second-order valence-corrected chi connectivity index (χ2v) is 4.97. The summed E-state index contributed by atoms with van der Waals surface area (Å²) >= 11 is 3.14. The molecule has 7 nitrogen and oxygen atoms in total. The average Bonchev–Trinajstić information content (AvgIpc) is 2.44. The van der Waals surface area contributed by atoms with E-state index in [1.165, 1.54) is 25.3 Å². The summed E-state index contributed by atoms with van der Waals surface area (Å²) in [4.78, 5) is 34.2. The van der Waals surface area contributed by atoms with Crippen molar-refractivity contribution in [2.75, 3.05) is 26.8 Å². The summed E-state index contributed by atoms with van der Waals surface area (Å²) in [5.74, 6) is -2.02. The summed E-state index contributed by atoms with van der Waals surface area (Å²) in [6.07, 6.45) is 0. The van der Waals surface area contributed by atoms with Gasteiger partial charge in [0.1, 0.15) is 0 Å². The van der Waals surface area contributed by atoms with Crippen molar-refractivity contribution in [2.45, 2.75) is 0 Å². The summed E-state index contributed by atoms with van der Waals surface area (Å²) in [6.45, 7) is 0.538. The van der Waals surface area contributed by atoms with E-state index in [0.29, 0.717) is 17.6 Å². The van der Waals surface area contributed by atoms with Crippen molar-refractivity contribution in [3.05, 3.63) is 33.8 Å². The normalized spacial score (nSPS) is 10.0. The quantitative estimate of drug-likeness (QED) is 0.620. The number of aromatic carboxylic acids is 1. The van der Waals surface area contributed by atoms with Crippen LogP contribution in [0.5, 0.6) is 0 Å². The maximum atomic E-state index is 11.9. The van der Waals surface area contributed by atoms with Crippen LogP contribution < -0.4 is 10.6 Å². The summed E-state index contributed by atoms with van der Waals surface area (Å²) in [6, 6.07) is 4.10. The third-order valence-corrected chi connectivity index (χ3v) is 2.90. The van der Waals surface area contributed by atoms with Crippen LogP contribution >= 0.6 is 15.9 Å². The zero-order chi connectivity index (χ0) is 15.8. The van der Waals surface area contributed by atoms with Crippen LogP contribution in [-0.4, -0.2) is 49.7 Å². The molecule has 0 aliphatic heterocycles. The highest BCUT2D eigenvalue weighted by Crippen LogP contribution is 2.16. The molecule has 8 heteroatoms. The van der Waals surface area contributed by atoms with E-state index in [4.69, 9.17) is 9.84 Å². The van der Waals surface area contributed by atoms with Gasteiger partial charge in [0.25, 0.3) is 5.91 Å². The second kappa shape index (κ2) is 8.38. The van der Waals surface area contributed by atoms with Crippen molar-refractivity contribution in [3.8, 4) is 0 Å². The molecule has 0 spiro atoms. The first-order valence-corrected chi connectivity index (χ1v) is 6.81. The number of hydrogen-bond acceptors (Lipinski definition) is 4. The summed E-state index contributed by atoms with van der Waals surface area (Å²) in [5, 5.41) is 13.9. The molecule has 0 aliphatic rings. The monoisotopic (exact) mass is 358 g/mol. The molecule has 0 aliphatic carbocycles. The zero-order valence-corrected chi connectivity index (χ0v) is 12.9. The highest BCUT2D eigenvalue weighted by molar-refractivity contribution is 9.10. The van der Waals surface area contributed by atoms with Crippen LogP contribution in [0.15, 0.2) is 22.7 Å². The van der Waals surface area contributed by atoms with Crippen LogP contribution in [0.25, 0.3) is 0 Å². The first-order valence-electron chi connectivity index (χ1n) is 6.01. The predicted octanol–water partition coefficient (Wildman–Crippen LogP) is 0.640. The Balaban J connectivity index is 2.60. The number of hydrogen-bond donors (Lipinski definition) is 3. The predicted molar refractivity (Wildman–Crippen MR) is 78.3 cm³/mol. The maximum absolute atomic E-state index is 11.9. The molecule has 0 unspecified atom stereocenters. The third-order valence-electron chi connectivity index (χ3n) is 2.44. The number of benzene rings is 1. The number of halogens is 1. The molecule has 0 heterocycles. The highest BCUT2D eigenvalue weighted by Gasteiger charge is 2.12. The van der Waals surface area contributed by atoms with Gasteiger partial charge < -0.3 is 20.5 Å². The van der Waals surface area contributed by atoms with Crippen LogP contribution in [0.3, 0.4) is 0 Å². The number of carboxylic acid groups (broad SMARTS) is 1. The van der Waals surface area contributed by atoms with Gasteiger partial charge >= 0.3 is 5.97 Å². The number of nitrogens with one attached hydrogen (secondary N) is 2. The molecular formula is C13H15BrN2O5. The van der Waals surface area contributed by atoms with Crippen molar-refractivity contribution in [2.24, 2.45) is 0 Å². The number of methoxy groups -OCH3 is 1. The van der Waals surface area contributed by atoms with Gasteiger partial charge in [-0.3, -0.25) is 9.59 Å². The molecule has 1 rings (SSSR count). The summed E-state index contributed by atoms with van der Waals surface area (Å²) in [5.41, 5.74) is 0.144. The van der Waals surface area contributed by atoms with Gasteiger partial charge in [0.05, 0.1) is 18.7 Å². The Labute approximate surface area is 129 Å². The van der Waals surface area contributed by atoms with Crippen LogP contribution in [-0.2, 0) is 9.53 Å². The number of amides is 2. The summed E-state index contributed by atoms with van der Waals surface area (Å²) in [7, 11) is 1.52. The van der Waals surface area contributed by atoms with E-state index in [1.807, 2.05) is 0 Å². The molecule has 0 atom stereocenters. The third kappa shape index (κ3) is 5.92. The molecule has 0 radical (unpaired) electrons. The fourth-order valence-corrected chi connectivity index (χ4v) is 1.96. The van der Waals surface area contributed by atoms with E-state index in [2.05, 4.69) is 26.6 Å². The van der Waals surface area contributed by atoms with E-state index in [9.17, 15) is 14.4 Å². The Morgan fingerprint density at radius 2 is 1.86 bits per heavy atom. The van der Waals surface area contributed by atoms with Gasteiger partial charge in [-0.2, -0.15) is 0 Å². The van der Waals surface area contributed by atoms with Gasteiger partial charge in [0.2, 0.25) is 5.91 Å². The molecule has 3 N–H and O–H groups in total. The number of carbonyl (C=O) groups excluding carboxylic acids is 2. The Bertz CT molecular complexity index is 547. The van der Waals surface area contributed by atoms with Crippen molar-refractivity contribution in [3.63, 3.8) is 0 Å². The van der Waals surface area contributed by atoms with Crippen molar-refractivity contribution in [1.29, 1.82) is 0 Å². The fourth-order valence-electron chi connectivity index (χ4n) is 1.46. The van der Waals surface area contributed by atoms with Gasteiger partial charge in [-0.1, -0.05) is 15.9 Å². The minimum atomic E-state index is -1.14. The van der Waals surface area contributed by atoms with Crippen LogP contribution in [0.4, 0.5) is 0 Å². The van der Waals surface area contributed by atoms with Gasteiger partial charge in [-0.05, 0) is 18.2 Å². The van der Waals surface area contributed by atoms with Gasteiger partial charge in [0.15, 0.2) is 0 Å². The Hall–Kier alpha value is -1.93. The van der Waals surface area contributed by atoms with Gasteiger partial charge in [-0.25, -0.2) is 4.79 Å². The van der Waals surface area contributed by atoms with Crippen molar-refractivity contribution in [1.82, 2.24) is 10.6 Å². The van der Waals surface area contributed by atoms with E-state index in [1.54, 1.807) is 0 Å². The molecule has 0 aromatic heterocycles. The molecule has 1 aromatic rings. The lowest BCUT2D eigenvalue weighted by molar-refractivity contribution is -0.120. The smallest absolute Gasteiger partial charge is 0.335 e. The highest BCUT2D eigenvalue weighted by atomic mass is 79.9. The fraction of sp³-hybridized carbons (Fsp3) is 0.308. The summed E-state index contributed by atoms with van der Waals surface area (Å²) < 4.78 is 5.24. The molecule has 0 bridgehead atoms. The number of ether oxygens (including phenoxy) is 1. The first kappa shape index (κ1) is 17.1. The van der Waals surface area contributed by atoms with Crippen LogP contribution in [0.1, 0.15) is 20.7 Å². The van der Waals surface area contributed by atoms with Gasteiger partial charge in [-0.15, -0.1) is 0 Å². The Morgan fingerprint density at radius 1 is 1.19 bits per heavy atom. The van der Waals surface area contributed by atoms with Crippen LogP contribution in [0.2, 0.25) is 0 Å². The molecule has 0 fully saturated rings. The minimum absolute atomic E-state index is 0.0147. The zero-order valence-electron chi connectivity index (χ0n) is 11.3. The standard InChI is InChI=1S/C13H15BrN2O5/c1-21-3-2-15-11(17)7-16-12(18)8-4-9(13(19)20)6-10(14)5-8/h4-6H,2-3,7H2,1H3,(H,15,17)(H,16,18)(H,19,20). The van der Waals surface area contributed by atoms with E-state index >= 15 is 0 Å². The molecule has 0 saturated heterocycles. The first-order chi connectivity index (χ1) is 9.93. The van der Waals surface area contributed by atoms with E-state index in [0.717, 1.165) is 0 Å². The second-order valence-electron chi connectivity index (χ2n) is 4.06. The number of carboxylic acids is 1. The van der Waals surface area contributed by atoms with Crippen molar-refractivity contribution >= 4 is 33.7 Å². The minimum Gasteiger partial charge on any atom is -0.478 e. The molecule has 21 heavy (non-hydrogen) atoms. The molecule has 1 aromatic carbocycles. The Morgan fingerprint density at radius 3 is 2.48 bits per heavy atom. The maximum Gasteiger partial charge on any atom is 0.335 e. The Kier molecular flexibility index (Phi) is 6.83. The molecule has 2 amide bonds. The van der Waals surface area contributed by atoms with Gasteiger partial charge in [0, 0.05) is 23.7 Å². The topological polar surface area (TPSA) is 105 Å². The SMILES string of the molecule is COCCNC(=O)CNC(=O)c1cc(Br)cc(C(=O)O)c1. The number of rotatable bonds is 7. The molecular weight excluding hydrogens is 344 g/mol. The number of carbonyl (C=O) groups is 3. The average molecular weight is 359 g/mol. The lowest BCUT2D eigenvalue weighted by Gasteiger charge is -2.07. The van der Waals surface area contributed by atoms with Crippen molar-refractivity contribution < 1.29 is 24.2 Å². The van der Waals surface area contributed by atoms with Crippen LogP contribution in [0, 0.1) is 0 Å².